The van der Waals surface area contributed by atoms with Gasteiger partial charge in [0.1, 0.15) is 5.76 Å². The zero-order chi connectivity index (χ0) is 13.6. The van der Waals surface area contributed by atoms with Gasteiger partial charge in [0, 0.05) is 11.1 Å². The maximum atomic E-state index is 5.44. The summed E-state index contributed by atoms with van der Waals surface area (Å²) in [5, 5.41) is 4.27. The Morgan fingerprint density at radius 3 is 2.45 bits per heavy atom. The van der Waals surface area contributed by atoms with Crippen LogP contribution in [0.1, 0.15) is 5.56 Å². The van der Waals surface area contributed by atoms with Gasteiger partial charge in [-0.1, -0.05) is 42.5 Å². The quantitative estimate of drug-likeness (QED) is 0.559. The minimum atomic E-state index is 0.840. The minimum Gasteiger partial charge on any atom is -0.464 e. The van der Waals surface area contributed by atoms with Crippen LogP contribution in [0.5, 0.6) is 0 Å². The van der Waals surface area contributed by atoms with Crippen molar-refractivity contribution in [1.82, 2.24) is 0 Å². The van der Waals surface area contributed by atoms with Gasteiger partial charge in [-0.15, -0.1) is 0 Å². The van der Waals surface area contributed by atoms with Crippen LogP contribution in [0.15, 0.2) is 82.5 Å². The predicted molar refractivity (Wildman–Crippen MR) is 81.8 cm³/mol. The molecule has 0 aliphatic carbocycles. The zero-order valence-electron chi connectivity index (χ0n) is 10.9. The van der Waals surface area contributed by atoms with Crippen LogP contribution in [-0.2, 0) is 0 Å². The van der Waals surface area contributed by atoms with E-state index < -0.39 is 0 Å². The number of hydrogen-bond donors (Lipinski definition) is 1. The summed E-state index contributed by atoms with van der Waals surface area (Å²) >= 11 is 0. The van der Waals surface area contributed by atoms with Crippen LogP contribution >= 0.6 is 0 Å². The molecule has 0 amide bonds. The number of rotatable bonds is 4. The highest BCUT2D eigenvalue weighted by Crippen LogP contribution is 2.22. The lowest BCUT2D eigenvalue weighted by atomic mass is 10.1. The Balaban J connectivity index is 1.81. The summed E-state index contributed by atoms with van der Waals surface area (Å²) in [5.74, 6) is 0.840. The van der Waals surface area contributed by atoms with Gasteiger partial charge in [-0.2, -0.15) is 5.10 Å². The summed E-state index contributed by atoms with van der Waals surface area (Å²) in [6.45, 7) is 0. The smallest absolute Gasteiger partial charge is 0.134 e. The third kappa shape index (κ3) is 2.78. The highest BCUT2D eigenvalue weighted by molar-refractivity contribution is 5.89. The molecule has 0 atom stereocenters. The van der Waals surface area contributed by atoms with E-state index in [4.69, 9.17) is 4.42 Å². The van der Waals surface area contributed by atoms with Crippen LogP contribution in [0.3, 0.4) is 0 Å². The highest BCUT2D eigenvalue weighted by atomic mass is 16.3. The van der Waals surface area contributed by atoms with Crippen LogP contribution in [0.4, 0.5) is 5.69 Å². The molecular formula is C17H14N2O. The van der Waals surface area contributed by atoms with E-state index in [0.717, 1.165) is 22.6 Å². The molecule has 0 aliphatic rings. The normalized spacial score (nSPS) is 10.8. The monoisotopic (exact) mass is 262 g/mol. The van der Waals surface area contributed by atoms with Crippen LogP contribution < -0.4 is 5.43 Å². The molecule has 3 nitrogen and oxygen atoms in total. The minimum absolute atomic E-state index is 0.840. The number of hydrogen-bond acceptors (Lipinski definition) is 3. The molecule has 2 aromatic carbocycles. The summed E-state index contributed by atoms with van der Waals surface area (Å²) in [6.07, 6.45) is 3.47. The average molecular weight is 262 g/mol. The van der Waals surface area contributed by atoms with E-state index in [1.807, 2.05) is 66.7 Å². The third-order valence-corrected chi connectivity index (χ3v) is 2.92. The maximum Gasteiger partial charge on any atom is 0.134 e. The molecule has 0 saturated carbocycles. The topological polar surface area (TPSA) is 37.5 Å². The molecule has 0 unspecified atom stereocenters. The molecule has 0 aliphatic heterocycles. The zero-order valence-corrected chi connectivity index (χ0v) is 10.9. The van der Waals surface area contributed by atoms with Crippen LogP contribution in [0, 0.1) is 0 Å². The SMILES string of the molecule is C(=NNc1ccccc1)c1ccccc1-c1ccco1. The first-order valence-corrected chi connectivity index (χ1v) is 6.40. The number of hydrazone groups is 1. The maximum absolute atomic E-state index is 5.44. The highest BCUT2D eigenvalue weighted by Gasteiger charge is 2.04. The van der Waals surface area contributed by atoms with Gasteiger partial charge in [0.25, 0.3) is 0 Å². The van der Waals surface area contributed by atoms with Gasteiger partial charge < -0.3 is 4.42 Å². The fourth-order valence-electron chi connectivity index (χ4n) is 1.95. The third-order valence-electron chi connectivity index (χ3n) is 2.92. The number of benzene rings is 2. The Hall–Kier alpha value is -2.81. The van der Waals surface area contributed by atoms with E-state index >= 15 is 0 Å². The van der Waals surface area contributed by atoms with Crippen molar-refractivity contribution >= 4 is 11.9 Å². The second-order valence-electron chi connectivity index (χ2n) is 4.30. The summed E-state index contributed by atoms with van der Waals surface area (Å²) in [7, 11) is 0. The van der Waals surface area contributed by atoms with Gasteiger partial charge in [-0.05, 0) is 24.3 Å². The van der Waals surface area contributed by atoms with Crippen LogP contribution in [-0.4, -0.2) is 6.21 Å². The Kier molecular flexibility index (Phi) is 3.60. The lowest BCUT2D eigenvalue weighted by Crippen LogP contribution is -1.92. The molecule has 1 N–H and O–H groups in total. The first kappa shape index (κ1) is 12.2. The van der Waals surface area contributed by atoms with Crippen molar-refractivity contribution < 1.29 is 4.42 Å². The molecule has 3 aromatic rings. The molecule has 98 valence electrons. The number of nitrogens with one attached hydrogen (secondary N) is 1. The van der Waals surface area contributed by atoms with Gasteiger partial charge in [0.15, 0.2) is 0 Å². The Labute approximate surface area is 117 Å². The summed E-state index contributed by atoms with van der Waals surface area (Å²) in [5.41, 5.74) is 5.99. The largest absolute Gasteiger partial charge is 0.464 e. The van der Waals surface area contributed by atoms with E-state index in [1.165, 1.54) is 0 Å². The molecule has 0 radical (unpaired) electrons. The number of furan rings is 1. The van der Waals surface area contributed by atoms with Crippen molar-refractivity contribution in [2.24, 2.45) is 5.10 Å². The van der Waals surface area contributed by atoms with Gasteiger partial charge in [0.05, 0.1) is 18.2 Å². The van der Waals surface area contributed by atoms with Crippen molar-refractivity contribution in [2.75, 3.05) is 5.43 Å². The number of nitrogens with zero attached hydrogens (tertiary/aromatic N) is 1. The van der Waals surface area contributed by atoms with E-state index in [1.54, 1.807) is 12.5 Å². The molecular weight excluding hydrogens is 248 g/mol. The Bertz CT molecular complexity index is 688. The van der Waals surface area contributed by atoms with Crippen molar-refractivity contribution in [3.05, 3.63) is 78.6 Å². The molecule has 3 heteroatoms. The van der Waals surface area contributed by atoms with Gasteiger partial charge in [0.2, 0.25) is 0 Å². The Morgan fingerprint density at radius 1 is 0.850 bits per heavy atom. The van der Waals surface area contributed by atoms with Gasteiger partial charge in [-0.25, -0.2) is 0 Å². The lowest BCUT2D eigenvalue weighted by Gasteiger charge is -2.03. The van der Waals surface area contributed by atoms with Gasteiger partial charge in [-0.3, -0.25) is 5.43 Å². The molecule has 0 spiro atoms. The van der Waals surface area contributed by atoms with Crippen molar-refractivity contribution in [3.63, 3.8) is 0 Å². The fourth-order valence-corrected chi connectivity index (χ4v) is 1.95. The molecule has 0 bridgehead atoms. The summed E-state index contributed by atoms with van der Waals surface area (Å²) < 4.78 is 5.44. The van der Waals surface area contributed by atoms with Crippen LogP contribution in [0.25, 0.3) is 11.3 Å². The Morgan fingerprint density at radius 2 is 1.65 bits per heavy atom. The van der Waals surface area contributed by atoms with E-state index in [9.17, 15) is 0 Å². The van der Waals surface area contributed by atoms with Crippen molar-refractivity contribution in [2.45, 2.75) is 0 Å². The molecule has 20 heavy (non-hydrogen) atoms. The first-order valence-electron chi connectivity index (χ1n) is 6.40. The fraction of sp³-hybridized carbons (Fsp3) is 0. The van der Waals surface area contributed by atoms with E-state index in [2.05, 4.69) is 10.5 Å². The standard InChI is InChI=1S/C17H14N2O/c1-2-8-15(9-3-1)19-18-13-14-7-4-5-10-16(14)17-11-6-12-20-17/h1-13,19H. The summed E-state index contributed by atoms with van der Waals surface area (Å²) in [6, 6.07) is 21.7. The molecule has 1 heterocycles. The predicted octanol–water partition coefficient (Wildman–Crippen LogP) is 4.39. The van der Waals surface area contributed by atoms with Crippen molar-refractivity contribution in [1.29, 1.82) is 0 Å². The van der Waals surface area contributed by atoms with Gasteiger partial charge >= 0.3 is 0 Å². The second-order valence-corrected chi connectivity index (χ2v) is 4.30. The van der Waals surface area contributed by atoms with Crippen molar-refractivity contribution in [3.8, 4) is 11.3 Å². The van der Waals surface area contributed by atoms with Crippen LogP contribution in [0.2, 0.25) is 0 Å². The van der Waals surface area contributed by atoms with E-state index in [-0.39, 0.29) is 0 Å². The molecule has 0 saturated heterocycles. The number of para-hydroxylation sites is 1. The summed E-state index contributed by atoms with van der Waals surface area (Å²) in [4.78, 5) is 0. The van der Waals surface area contributed by atoms with E-state index in [0.29, 0.717) is 0 Å². The molecule has 0 fully saturated rings. The lowest BCUT2D eigenvalue weighted by molar-refractivity contribution is 0.582. The first-order chi connectivity index (χ1) is 9.93. The second kappa shape index (κ2) is 5.89. The molecule has 3 rings (SSSR count). The number of anilines is 1. The average Bonchev–Trinajstić information content (AvgIpc) is 3.03. The molecule has 1 aromatic heterocycles.